The summed E-state index contributed by atoms with van der Waals surface area (Å²) < 4.78 is 34.8. The first-order chi connectivity index (χ1) is 14.2. The minimum Gasteiger partial charge on any atom is -0.456 e. The predicted molar refractivity (Wildman–Crippen MR) is 125 cm³/mol. The third kappa shape index (κ3) is 4.16. The molecule has 0 unspecified atom stereocenters. The van der Waals surface area contributed by atoms with Crippen LogP contribution >= 0.6 is 39.1 Å². The number of hydrogen-bond acceptors (Lipinski definition) is 3. The van der Waals surface area contributed by atoms with Gasteiger partial charge < -0.3 is 9.72 Å². The molecule has 0 amide bonds. The highest BCUT2D eigenvalue weighted by atomic mass is 79.9. The lowest BCUT2D eigenvalue weighted by atomic mass is 10.2. The van der Waals surface area contributed by atoms with Gasteiger partial charge >= 0.3 is 0 Å². The molecule has 0 aliphatic carbocycles. The number of ether oxygens (including phenoxy) is 1. The Bertz CT molecular complexity index is 1350. The van der Waals surface area contributed by atoms with Gasteiger partial charge in [0, 0.05) is 11.6 Å². The second-order valence-corrected chi connectivity index (χ2v) is 9.95. The molecule has 1 heterocycles. The molecule has 0 saturated heterocycles. The molecule has 0 aliphatic rings. The van der Waals surface area contributed by atoms with E-state index in [1.165, 1.54) is 12.1 Å². The summed E-state index contributed by atoms with van der Waals surface area (Å²) in [6.45, 7) is 1.99. The molecule has 0 bridgehead atoms. The Balaban J connectivity index is 1.63. The molecule has 1 aromatic heterocycles. The zero-order valence-corrected chi connectivity index (χ0v) is 19.5. The van der Waals surface area contributed by atoms with Crippen LogP contribution in [0.5, 0.6) is 11.5 Å². The number of H-pyrrole nitrogens is 1. The molecule has 30 heavy (non-hydrogen) atoms. The maximum Gasteiger partial charge on any atom is 0.262 e. The number of aryl methyl sites for hydroxylation is 1. The van der Waals surface area contributed by atoms with E-state index < -0.39 is 10.0 Å². The Kier molecular flexibility index (Phi) is 5.72. The van der Waals surface area contributed by atoms with Crippen LogP contribution in [0.4, 0.5) is 5.69 Å². The van der Waals surface area contributed by atoms with Gasteiger partial charge in [0.2, 0.25) is 0 Å². The van der Waals surface area contributed by atoms with Crippen molar-refractivity contribution in [2.45, 2.75) is 11.8 Å². The van der Waals surface area contributed by atoms with E-state index in [1.807, 2.05) is 31.2 Å². The first-order valence-electron chi connectivity index (χ1n) is 8.76. The predicted octanol–water partition coefficient (Wildman–Crippen LogP) is 7.14. The van der Waals surface area contributed by atoms with E-state index in [0.717, 1.165) is 5.56 Å². The summed E-state index contributed by atoms with van der Waals surface area (Å²) >= 11 is 15.7. The van der Waals surface area contributed by atoms with Gasteiger partial charge in [-0.25, -0.2) is 8.42 Å². The Morgan fingerprint density at radius 2 is 1.73 bits per heavy atom. The third-order valence-electron chi connectivity index (χ3n) is 4.44. The topological polar surface area (TPSA) is 71.2 Å². The summed E-state index contributed by atoms with van der Waals surface area (Å²) in [7, 11) is -3.87. The van der Waals surface area contributed by atoms with Gasteiger partial charge in [-0.2, -0.15) is 0 Å². The first-order valence-corrected chi connectivity index (χ1v) is 11.8. The Labute approximate surface area is 192 Å². The molecule has 2 N–H and O–H groups in total. The second kappa shape index (κ2) is 8.15. The number of halogens is 3. The highest BCUT2D eigenvalue weighted by Gasteiger charge is 2.19. The minimum atomic E-state index is -3.87. The zero-order valence-electron chi connectivity index (χ0n) is 15.5. The fraction of sp³-hybridized carbons (Fsp3) is 0.0476. The second-order valence-electron chi connectivity index (χ2n) is 6.59. The summed E-state index contributed by atoms with van der Waals surface area (Å²) in [4.78, 5) is 3.03. The number of aromatic amines is 1. The van der Waals surface area contributed by atoms with Crippen molar-refractivity contribution in [3.05, 3.63) is 80.9 Å². The average Bonchev–Trinajstić information content (AvgIpc) is 3.10. The van der Waals surface area contributed by atoms with Crippen LogP contribution in [-0.2, 0) is 10.0 Å². The number of benzene rings is 3. The van der Waals surface area contributed by atoms with E-state index in [2.05, 4.69) is 25.6 Å². The van der Waals surface area contributed by atoms with Crippen molar-refractivity contribution in [2.75, 3.05) is 4.72 Å². The van der Waals surface area contributed by atoms with Crippen LogP contribution in [0.3, 0.4) is 0 Å². The van der Waals surface area contributed by atoms with Gasteiger partial charge in [-0.15, -0.1) is 0 Å². The summed E-state index contributed by atoms with van der Waals surface area (Å²) in [5.41, 5.74) is 1.97. The molecule has 0 atom stereocenters. The fourth-order valence-electron chi connectivity index (χ4n) is 2.92. The standard InChI is InChI=1S/C21H15BrCl2N2O3S/c1-12-2-4-13(5-3-12)29-19-9-6-14(10-15(19)22)30(27,28)26-18-8-7-16(23)20-17(24)11-25-21(18)20/h2-11,25-26H,1H3. The highest BCUT2D eigenvalue weighted by molar-refractivity contribution is 9.10. The number of fused-ring (bicyclic) bond motifs is 1. The molecule has 0 spiro atoms. The van der Waals surface area contributed by atoms with Crippen molar-refractivity contribution in [1.82, 2.24) is 4.98 Å². The average molecular weight is 526 g/mol. The van der Waals surface area contributed by atoms with Gasteiger partial charge in [0.25, 0.3) is 10.0 Å². The van der Waals surface area contributed by atoms with Gasteiger partial charge in [-0.1, -0.05) is 40.9 Å². The van der Waals surface area contributed by atoms with Crippen molar-refractivity contribution in [3.8, 4) is 11.5 Å². The molecular formula is C21H15BrCl2N2O3S. The highest BCUT2D eigenvalue weighted by Crippen LogP contribution is 2.36. The number of anilines is 1. The molecule has 4 aromatic rings. The van der Waals surface area contributed by atoms with E-state index in [1.54, 1.807) is 24.4 Å². The summed E-state index contributed by atoms with van der Waals surface area (Å²) in [5.74, 6) is 1.16. The largest absolute Gasteiger partial charge is 0.456 e. The molecule has 0 radical (unpaired) electrons. The molecular weight excluding hydrogens is 511 g/mol. The van der Waals surface area contributed by atoms with E-state index >= 15 is 0 Å². The SMILES string of the molecule is Cc1ccc(Oc2ccc(S(=O)(=O)Nc3ccc(Cl)c4c(Cl)c[nH]c34)cc2Br)cc1. The summed E-state index contributed by atoms with van der Waals surface area (Å²) in [5, 5.41) is 1.40. The lowest BCUT2D eigenvalue weighted by Crippen LogP contribution is -2.13. The van der Waals surface area contributed by atoms with Gasteiger partial charge in [0.1, 0.15) is 11.5 Å². The van der Waals surface area contributed by atoms with Crippen LogP contribution < -0.4 is 9.46 Å². The molecule has 0 fully saturated rings. The monoisotopic (exact) mass is 524 g/mol. The summed E-state index contributed by atoms with van der Waals surface area (Å²) in [6, 6.07) is 15.3. The normalized spacial score (nSPS) is 11.6. The number of nitrogens with one attached hydrogen (secondary N) is 2. The quantitative estimate of drug-likeness (QED) is 0.291. The molecule has 4 rings (SSSR count). The zero-order chi connectivity index (χ0) is 21.5. The smallest absolute Gasteiger partial charge is 0.262 e. The van der Waals surface area contributed by atoms with Crippen molar-refractivity contribution in [2.24, 2.45) is 0 Å². The van der Waals surface area contributed by atoms with E-state index in [9.17, 15) is 8.42 Å². The van der Waals surface area contributed by atoms with Crippen LogP contribution in [0.2, 0.25) is 10.0 Å². The number of rotatable bonds is 5. The molecule has 0 aliphatic heterocycles. The fourth-order valence-corrected chi connectivity index (χ4v) is 5.19. The lowest BCUT2D eigenvalue weighted by molar-refractivity contribution is 0.479. The molecule has 0 saturated carbocycles. The van der Waals surface area contributed by atoms with E-state index in [0.29, 0.717) is 42.6 Å². The van der Waals surface area contributed by atoms with Crippen molar-refractivity contribution < 1.29 is 13.2 Å². The van der Waals surface area contributed by atoms with Gasteiger partial charge in [-0.05, 0) is 65.3 Å². The Morgan fingerprint density at radius 1 is 1.00 bits per heavy atom. The molecule has 9 heteroatoms. The van der Waals surface area contributed by atoms with Crippen LogP contribution in [0.15, 0.2) is 70.2 Å². The van der Waals surface area contributed by atoms with E-state index in [-0.39, 0.29) is 4.90 Å². The van der Waals surface area contributed by atoms with Crippen LogP contribution in [0.1, 0.15) is 5.56 Å². The lowest BCUT2D eigenvalue weighted by Gasteiger charge is -2.12. The number of sulfonamides is 1. The molecule has 5 nitrogen and oxygen atoms in total. The molecule has 3 aromatic carbocycles. The Morgan fingerprint density at radius 3 is 2.43 bits per heavy atom. The Hall–Kier alpha value is -2.19. The minimum absolute atomic E-state index is 0.0754. The van der Waals surface area contributed by atoms with Crippen LogP contribution in [0, 0.1) is 6.92 Å². The molecule has 154 valence electrons. The first kappa shape index (κ1) is 21.1. The number of hydrogen-bond donors (Lipinski definition) is 2. The van der Waals surface area contributed by atoms with Crippen molar-refractivity contribution in [1.29, 1.82) is 0 Å². The van der Waals surface area contributed by atoms with Gasteiger partial charge in [0.05, 0.1) is 30.6 Å². The van der Waals surface area contributed by atoms with E-state index in [4.69, 9.17) is 27.9 Å². The van der Waals surface area contributed by atoms with Gasteiger partial charge in [0.15, 0.2) is 0 Å². The van der Waals surface area contributed by atoms with Crippen LogP contribution in [0.25, 0.3) is 10.9 Å². The van der Waals surface area contributed by atoms with Crippen LogP contribution in [-0.4, -0.2) is 13.4 Å². The number of aromatic nitrogens is 1. The van der Waals surface area contributed by atoms with Gasteiger partial charge in [-0.3, -0.25) is 4.72 Å². The van der Waals surface area contributed by atoms with Crippen molar-refractivity contribution >= 4 is 65.7 Å². The maximum absolute atomic E-state index is 12.9. The van der Waals surface area contributed by atoms with Crippen molar-refractivity contribution in [3.63, 3.8) is 0 Å². The summed E-state index contributed by atoms with van der Waals surface area (Å²) in [6.07, 6.45) is 1.56. The third-order valence-corrected chi connectivity index (χ3v) is 7.04. The maximum atomic E-state index is 12.9.